The maximum Gasteiger partial charge on any atom is 0.414 e. The van der Waals surface area contributed by atoms with Crippen molar-refractivity contribution in [3.63, 3.8) is 0 Å². The second-order valence-corrected chi connectivity index (χ2v) is 7.46. The lowest BCUT2D eigenvalue weighted by Crippen LogP contribution is -2.48. The van der Waals surface area contributed by atoms with Gasteiger partial charge in [-0.05, 0) is 6.07 Å². The van der Waals surface area contributed by atoms with Crippen molar-refractivity contribution in [2.24, 2.45) is 16.8 Å². The summed E-state index contributed by atoms with van der Waals surface area (Å²) in [6, 6.07) is 5.54. The molecule has 2 heterocycles. The highest BCUT2D eigenvalue weighted by Crippen LogP contribution is 2.29. The van der Waals surface area contributed by atoms with Gasteiger partial charge in [0.1, 0.15) is 19.0 Å². The lowest BCUT2D eigenvalue weighted by atomic mass is 10.0. The van der Waals surface area contributed by atoms with Crippen LogP contribution in [0.1, 0.15) is 5.56 Å². The van der Waals surface area contributed by atoms with Crippen LogP contribution in [-0.4, -0.2) is 65.9 Å². The van der Waals surface area contributed by atoms with Crippen LogP contribution in [0, 0.1) is 23.0 Å². The van der Waals surface area contributed by atoms with E-state index in [9.17, 15) is 13.6 Å². The van der Waals surface area contributed by atoms with Crippen LogP contribution in [0.4, 0.5) is 19.4 Å². The number of hydrogen-bond acceptors (Lipinski definition) is 9. The highest BCUT2D eigenvalue weighted by Gasteiger charge is 2.27. The van der Waals surface area contributed by atoms with Crippen LogP contribution in [0.15, 0.2) is 35.6 Å². The van der Waals surface area contributed by atoms with Gasteiger partial charge in [-0.3, -0.25) is 10.7 Å². The quantitative estimate of drug-likeness (QED) is 0.202. The molecule has 1 aliphatic heterocycles. The number of guanidine groups is 1. The Labute approximate surface area is 193 Å². The van der Waals surface area contributed by atoms with Crippen molar-refractivity contribution in [3.05, 3.63) is 47.7 Å². The number of alkyl carbamates (subject to hydrolysis) is 1. The molecule has 1 aromatic heterocycles. The summed E-state index contributed by atoms with van der Waals surface area (Å²) in [6.45, 7) is -0.219. The maximum atomic E-state index is 14.9. The minimum Gasteiger partial charge on any atom is -0.444 e. The first-order valence-electron chi connectivity index (χ1n) is 10.2. The first-order valence-corrected chi connectivity index (χ1v) is 10.2. The number of nitrogens with two attached hydrogens (primary N) is 1. The zero-order valence-corrected chi connectivity index (χ0v) is 18.0. The summed E-state index contributed by atoms with van der Waals surface area (Å²) in [6.07, 6.45) is 0.335. The van der Waals surface area contributed by atoms with E-state index in [2.05, 4.69) is 10.1 Å². The summed E-state index contributed by atoms with van der Waals surface area (Å²) in [5.41, 5.74) is 6.00. The Balaban J connectivity index is 1.63. The zero-order chi connectivity index (χ0) is 24.7. The average molecular weight is 478 g/mol. The molecule has 13 heteroatoms. The number of aliphatic hydroxyl groups excluding tert-OH is 2. The molecule has 1 saturated heterocycles. The first-order chi connectivity index (χ1) is 16.3. The average Bonchev–Trinajstić information content (AvgIpc) is 2.77. The number of carbonyl (C=O) groups is 1. The SMILES string of the molecule is N=C(N)NC(=O)OCc1cccc(-c2cnc(N3CC(=NOCC(CO)CO)C3)c(F)c2)c1F. The Kier molecular flexibility index (Phi) is 8.27. The van der Waals surface area contributed by atoms with Gasteiger partial charge in [-0.2, -0.15) is 0 Å². The van der Waals surface area contributed by atoms with Crippen molar-refractivity contribution in [2.75, 3.05) is 37.8 Å². The van der Waals surface area contributed by atoms with E-state index in [0.717, 1.165) is 6.07 Å². The summed E-state index contributed by atoms with van der Waals surface area (Å²) >= 11 is 0. The van der Waals surface area contributed by atoms with E-state index < -0.39 is 36.2 Å². The molecule has 0 aliphatic carbocycles. The molecule has 0 spiro atoms. The van der Waals surface area contributed by atoms with E-state index in [4.69, 9.17) is 30.9 Å². The number of nitrogens with one attached hydrogen (secondary N) is 2. The summed E-state index contributed by atoms with van der Waals surface area (Å²) in [4.78, 5) is 22.2. The third-order valence-electron chi connectivity index (χ3n) is 4.87. The Morgan fingerprint density at radius 1 is 1.32 bits per heavy atom. The van der Waals surface area contributed by atoms with Crippen LogP contribution < -0.4 is 16.0 Å². The second-order valence-electron chi connectivity index (χ2n) is 7.46. The molecule has 1 aliphatic rings. The number of hydrogen-bond donors (Lipinski definition) is 5. The fourth-order valence-corrected chi connectivity index (χ4v) is 3.01. The molecule has 1 amide bonds. The van der Waals surface area contributed by atoms with Crippen LogP contribution in [0.2, 0.25) is 0 Å². The van der Waals surface area contributed by atoms with E-state index in [0.29, 0.717) is 5.71 Å². The Hall–Kier alpha value is -3.84. The lowest BCUT2D eigenvalue weighted by Gasteiger charge is -2.33. The van der Waals surface area contributed by atoms with Crippen LogP contribution in [0.5, 0.6) is 0 Å². The van der Waals surface area contributed by atoms with Crippen molar-refractivity contribution in [1.29, 1.82) is 5.41 Å². The molecule has 11 nitrogen and oxygen atoms in total. The number of rotatable bonds is 9. The molecule has 3 rings (SSSR count). The van der Waals surface area contributed by atoms with Crippen molar-refractivity contribution in [2.45, 2.75) is 6.61 Å². The Morgan fingerprint density at radius 3 is 2.71 bits per heavy atom. The molecule has 0 saturated carbocycles. The van der Waals surface area contributed by atoms with Crippen molar-refractivity contribution >= 4 is 23.6 Å². The largest absolute Gasteiger partial charge is 0.444 e. The third-order valence-corrected chi connectivity index (χ3v) is 4.87. The second kappa shape index (κ2) is 11.3. The molecular formula is C21H24F2N6O5. The molecule has 34 heavy (non-hydrogen) atoms. The predicted octanol–water partition coefficient (Wildman–Crippen LogP) is 0.940. The standard InChI is InChI=1S/C21H24F2N6O5/c22-17-4-14(16-3-1-2-13(18(16)23)11-33-21(32)27-20(24)25)5-26-19(17)29-6-15(7-29)28-34-10-12(8-30)9-31/h1-5,12,30-31H,6-11H2,(H4,24,25,27,32). The van der Waals surface area contributed by atoms with Gasteiger partial charge < -0.3 is 30.4 Å². The van der Waals surface area contributed by atoms with Crippen LogP contribution in [-0.2, 0) is 16.2 Å². The first kappa shape index (κ1) is 24.8. The van der Waals surface area contributed by atoms with Crippen LogP contribution in [0.25, 0.3) is 11.1 Å². The number of nitrogens with zero attached hydrogens (tertiary/aromatic N) is 3. The van der Waals surface area contributed by atoms with Gasteiger partial charge in [-0.1, -0.05) is 23.4 Å². The molecule has 182 valence electrons. The molecule has 0 unspecified atom stereocenters. The smallest absolute Gasteiger partial charge is 0.414 e. The third kappa shape index (κ3) is 6.14. The number of carbonyl (C=O) groups excluding carboxylic acids is 1. The van der Waals surface area contributed by atoms with E-state index in [1.165, 1.54) is 24.4 Å². The number of pyridine rings is 1. The zero-order valence-electron chi connectivity index (χ0n) is 18.0. The van der Waals surface area contributed by atoms with Crippen molar-refractivity contribution in [1.82, 2.24) is 10.3 Å². The van der Waals surface area contributed by atoms with Gasteiger partial charge in [0.05, 0.1) is 32.0 Å². The number of benzene rings is 1. The molecule has 6 N–H and O–H groups in total. The summed E-state index contributed by atoms with van der Waals surface area (Å²) < 4.78 is 34.5. The van der Waals surface area contributed by atoms with Gasteiger partial charge in [0, 0.05) is 28.8 Å². The van der Waals surface area contributed by atoms with E-state index in [1.807, 2.05) is 5.32 Å². The molecule has 0 radical (unpaired) electrons. The van der Waals surface area contributed by atoms with Crippen molar-refractivity contribution < 1.29 is 33.4 Å². The normalized spacial score (nSPS) is 12.9. The van der Waals surface area contributed by atoms with Gasteiger partial charge >= 0.3 is 6.09 Å². The maximum absolute atomic E-state index is 14.9. The highest BCUT2D eigenvalue weighted by molar-refractivity contribution is 5.99. The molecule has 0 atom stereocenters. The number of anilines is 1. The molecule has 2 aromatic rings. The number of ether oxygens (including phenoxy) is 1. The Bertz CT molecular complexity index is 1070. The van der Waals surface area contributed by atoms with E-state index in [1.54, 1.807) is 4.90 Å². The minimum absolute atomic E-state index is 0.0499. The predicted molar refractivity (Wildman–Crippen MR) is 118 cm³/mol. The fraction of sp³-hybridized carbons (Fsp3) is 0.333. The summed E-state index contributed by atoms with van der Waals surface area (Å²) in [5, 5.41) is 30.8. The van der Waals surface area contributed by atoms with E-state index in [-0.39, 0.29) is 55.4 Å². The lowest BCUT2D eigenvalue weighted by molar-refractivity contribution is 0.0477. The molecular weight excluding hydrogens is 454 g/mol. The number of aromatic nitrogens is 1. The fourth-order valence-electron chi connectivity index (χ4n) is 3.01. The molecule has 1 fully saturated rings. The number of oxime groups is 1. The van der Waals surface area contributed by atoms with E-state index >= 15 is 0 Å². The minimum atomic E-state index is -1.00. The highest BCUT2D eigenvalue weighted by atomic mass is 19.1. The van der Waals surface area contributed by atoms with Gasteiger partial charge in [-0.15, -0.1) is 0 Å². The van der Waals surface area contributed by atoms with Gasteiger partial charge in [0.25, 0.3) is 0 Å². The number of aliphatic hydroxyl groups is 2. The van der Waals surface area contributed by atoms with Crippen molar-refractivity contribution in [3.8, 4) is 11.1 Å². The summed E-state index contributed by atoms with van der Waals surface area (Å²) in [5.74, 6) is -2.31. The Morgan fingerprint density at radius 2 is 2.06 bits per heavy atom. The monoisotopic (exact) mass is 478 g/mol. The molecule has 1 aromatic carbocycles. The number of halogens is 2. The number of amides is 1. The van der Waals surface area contributed by atoms with Gasteiger partial charge in [-0.25, -0.2) is 18.6 Å². The van der Waals surface area contributed by atoms with Gasteiger partial charge in [0.15, 0.2) is 17.6 Å². The summed E-state index contributed by atoms with van der Waals surface area (Å²) in [7, 11) is 0. The topological polar surface area (TPSA) is 166 Å². The van der Waals surface area contributed by atoms with Crippen LogP contribution in [0.3, 0.4) is 0 Å². The van der Waals surface area contributed by atoms with Gasteiger partial charge in [0.2, 0.25) is 0 Å². The molecule has 0 bridgehead atoms. The van der Waals surface area contributed by atoms with Crippen LogP contribution >= 0.6 is 0 Å².